The molecule has 2 heteroatoms. The van der Waals surface area contributed by atoms with Crippen LogP contribution in [0.15, 0.2) is 0 Å². The number of ketones is 1. The second kappa shape index (κ2) is 2.28. The van der Waals surface area contributed by atoms with E-state index in [4.69, 9.17) is 0 Å². The number of fused-ring (bicyclic) bond motifs is 2. The summed E-state index contributed by atoms with van der Waals surface area (Å²) in [6, 6.07) is 0. The zero-order valence-corrected chi connectivity index (χ0v) is 8.14. The molecule has 2 bridgehead atoms. The molecule has 66 valence electrons. The Kier molecular flexibility index (Phi) is 1.41. The minimum absolute atomic E-state index is 0.563. The van der Waals surface area contributed by atoms with E-state index in [9.17, 15) is 4.79 Å². The Morgan fingerprint density at radius 2 is 2.17 bits per heavy atom. The third-order valence-corrected chi connectivity index (χ3v) is 5.17. The standard InChI is InChI=1S/C10H14OS/c1-2-3-12-6-4-5(11)7-9-8(6)10(7)9/h6-10H,2-4H2,1H3. The van der Waals surface area contributed by atoms with E-state index in [1.165, 1.54) is 12.2 Å². The Morgan fingerprint density at radius 3 is 2.75 bits per heavy atom. The van der Waals surface area contributed by atoms with Crippen molar-refractivity contribution >= 4 is 17.5 Å². The van der Waals surface area contributed by atoms with Crippen molar-refractivity contribution in [3.8, 4) is 0 Å². The van der Waals surface area contributed by atoms with Gasteiger partial charge in [0.2, 0.25) is 0 Å². The van der Waals surface area contributed by atoms with E-state index in [1.54, 1.807) is 0 Å². The van der Waals surface area contributed by atoms with Gasteiger partial charge in [-0.3, -0.25) is 4.79 Å². The highest BCUT2D eigenvalue weighted by atomic mass is 32.2. The molecule has 0 aromatic heterocycles. The van der Waals surface area contributed by atoms with Crippen LogP contribution in [0.2, 0.25) is 0 Å². The van der Waals surface area contributed by atoms with Gasteiger partial charge in [0.05, 0.1) is 0 Å². The molecule has 0 radical (unpaired) electrons. The number of hydrogen-bond donors (Lipinski definition) is 0. The van der Waals surface area contributed by atoms with E-state index >= 15 is 0 Å². The smallest absolute Gasteiger partial charge is 0.137 e. The molecule has 0 spiro atoms. The van der Waals surface area contributed by atoms with Crippen LogP contribution in [-0.2, 0) is 4.79 Å². The van der Waals surface area contributed by atoms with E-state index in [-0.39, 0.29) is 0 Å². The number of carbonyl (C=O) groups excluding carboxylic acids is 1. The molecule has 0 heterocycles. The van der Waals surface area contributed by atoms with Crippen LogP contribution < -0.4 is 0 Å². The second-order valence-electron chi connectivity index (χ2n) is 4.34. The first-order valence-electron chi connectivity index (χ1n) is 4.99. The molecule has 0 saturated heterocycles. The van der Waals surface area contributed by atoms with Crippen molar-refractivity contribution in [2.45, 2.75) is 25.0 Å². The quantitative estimate of drug-likeness (QED) is 0.663. The van der Waals surface area contributed by atoms with Crippen LogP contribution in [0.25, 0.3) is 0 Å². The van der Waals surface area contributed by atoms with Gasteiger partial charge in [0, 0.05) is 17.6 Å². The zero-order valence-electron chi connectivity index (χ0n) is 7.32. The average Bonchev–Trinajstić information content (AvgIpc) is 2.87. The third-order valence-electron chi connectivity index (χ3n) is 3.62. The lowest BCUT2D eigenvalue weighted by Crippen LogP contribution is -2.30. The molecule has 0 aliphatic heterocycles. The zero-order chi connectivity index (χ0) is 8.29. The highest BCUT2D eigenvalue weighted by molar-refractivity contribution is 7.99. The Balaban J connectivity index is 1.62. The lowest BCUT2D eigenvalue weighted by molar-refractivity contribution is -0.123. The first-order valence-corrected chi connectivity index (χ1v) is 6.03. The highest BCUT2D eigenvalue weighted by Gasteiger charge is 2.79. The van der Waals surface area contributed by atoms with E-state index in [2.05, 4.69) is 6.92 Å². The molecule has 4 rings (SSSR count). The number of rotatable bonds is 3. The minimum Gasteiger partial charge on any atom is -0.299 e. The Morgan fingerprint density at radius 1 is 1.42 bits per heavy atom. The Labute approximate surface area is 77.3 Å². The van der Waals surface area contributed by atoms with Gasteiger partial charge < -0.3 is 0 Å². The van der Waals surface area contributed by atoms with Gasteiger partial charge in [-0.05, 0) is 29.9 Å². The van der Waals surface area contributed by atoms with Crippen LogP contribution >= 0.6 is 11.8 Å². The molecular formula is C10H14OS. The molecule has 12 heavy (non-hydrogen) atoms. The Bertz CT molecular complexity index is 228. The number of thioether (sulfide) groups is 1. The number of Topliss-reactive ketones (excluding diaryl/α,β-unsaturated/α-hetero) is 1. The van der Waals surface area contributed by atoms with Crippen molar-refractivity contribution in [1.82, 2.24) is 0 Å². The molecule has 4 fully saturated rings. The summed E-state index contributed by atoms with van der Waals surface area (Å²) in [5.74, 6) is 5.12. The van der Waals surface area contributed by atoms with Gasteiger partial charge in [-0.25, -0.2) is 0 Å². The first-order chi connectivity index (χ1) is 5.84. The summed E-state index contributed by atoms with van der Waals surface area (Å²) in [5.41, 5.74) is 0. The van der Waals surface area contributed by atoms with Crippen LogP contribution in [0.1, 0.15) is 19.8 Å². The van der Waals surface area contributed by atoms with E-state index < -0.39 is 0 Å². The largest absolute Gasteiger partial charge is 0.299 e. The second-order valence-corrected chi connectivity index (χ2v) is 5.68. The maximum Gasteiger partial charge on any atom is 0.137 e. The first kappa shape index (κ1) is 7.43. The van der Waals surface area contributed by atoms with Crippen LogP contribution in [0.5, 0.6) is 0 Å². The number of hydrogen-bond acceptors (Lipinski definition) is 2. The van der Waals surface area contributed by atoms with Gasteiger partial charge >= 0.3 is 0 Å². The van der Waals surface area contributed by atoms with Crippen LogP contribution in [-0.4, -0.2) is 16.8 Å². The molecular weight excluding hydrogens is 168 g/mol. The maximum absolute atomic E-state index is 11.4. The Hall–Kier alpha value is 0.0200. The van der Waals surface area contributed by atoms with Crippen molar-refractivity contribution < 1.29 is 4.79 Å². The molecule has 3 atom stereocenters. The maximum atomic E-state index is 11.4. The molecule has 4 aliphatic rings. The predicted molar refractivity (Wildman–Crippen MR) is 50.1 cm³/mol. The van der Waals surface area contributed by atoms with Crippen LogP contribution in [0, 0.1) is 23.7 Å². The molecule has 0 aromatic rings. The summed E-state index contributed by atoms with van der Waals surface area (Å²) in [6.45, 7) is 2.22. The third kappa shape index (κ3) is 0.795. The molecule has 4 aliphatic carbocycles. The van der Waals surface area contributed by atoms with Crippen LogP contribution in [0.3, 0.4) is 0 Å². The van der Waals surface area contributed by atoms with Gasteiger partial charge in [-0.15, -0.1) is 0 Å². The summed E-state index contributed by atoms with van der Waals surface area (Å²) in [7, 11) is 0. The van der Waals surface area contributed by atoms with Gasteiger partial charge in [-0.1, -0.05) is 6.92 Å². The molecule has 1 nitrogen and oxygen atoms in total. The van der Waals surface area contributed by atoms with Crippen molar-refractivity contribution in [2.24, 2.45) is 23.7 Å². The van der Waals surface area contributed by atoms with Gasteiger partial charge in [0.15, 0.2) is 0 Å². The molecule has 0 N–H and O–H groups in total. The summed E-state index contributed by atoms with van der Waals surface area (Å²) < 4.78 is 0. The molecule has 0 aromatic carbocycles. The summed E-state index contributed by atoms with van der Waals surface area (Å²) in [5, 5.41) is 0.720. The van der Waals surface area contributed by atoms with Gasteiger partial charge in [0.25, 0.3) is 0 Å². The van der Waals surface area contributed by atoms with Crippen molar-refractivity contribution in [2.75, 3.05) is 5.75 Å². The fourth-order valence-electron chi connectivity index (χ4n) is 2.91. The SMILES string of the molecule is CCCSC1CC(=O)C2C3C1C23. The molecule has 0 amide bonds. The number of carbonyl (C=O) groups is 1. The summed E-state index contributed by atoms with van der Waals surface area (Å²) >= 11 is 2.05. The highest BCUT2D eigenvalue weighted by Crippen LogP contribution is 2.79. The monoisotopic (exact) mass is 182 g/mol. The van der Waals surface area contributed by atoms with Crippen molar-refractivity contribution in [3.63, 3.8) is 0 Å². The predicted octanol–water partition coefficient (Wildman–Crippen LogP) is 1.96. The fraction of sp³-hybridized carbons (Fsp3) is 0.900. The topological polar surface area (TPSA) is 17.1 Å². The van der Waals surface area contributed by atoms with Crippen molar-refractivity contribution in [1.29, 1.82) is 0 Å². The normalized spacial score (nSPS) is 53.4. The lowest BCUT2D eigenvalue weighted by Gasteiger charge is -2.27. The summed E-state index contributed by atoms with van der Waals surface area (Å²) in [4.78, 5) is 11.4. The summed E-state index contributed by atoms with van der Waals surface area (Å²) in [6.07, 6.45) is 2.15. The van der Waals surface area contributed by atoms with E-state index in [0.29, 0.717) is 11.7 Å². The lowest BCUT2D eigenvalue weighted by atomic mass is 9.87. The van der Waals surface area contributed by atoms with Gasteiger partial charge in [-0.2, -0.15) is 11.8 Å². The van der Waals surface area contributed by atoms with Gasteiger partial charge in [0.1, 0.15) is 5.78 Å². The van der Waals surface area contributed by atoms with E-state index in [0.717, 1.165) is 29.4 Å². The molecule has 4 saturated carbocycles. The van der Waals surface area contributed by atoms with Crippen LogP contribution in [0.4, 0.5) is 0 Å². The minimum atomic E-state index is 0.563. The van der Waals surface area contributed by atoms with E-state index in [1.807, 2.05) is 11.8 Å². The fourth-order valence-corrected chi connectivity index (χ4v) is 4.32. The average molecular weight is 182 g/mol. The van der Waals surface area contributed by atoms with Crippen molar-refractivity contribution in [3.05, 3.63) is 0 Å². The molecule has 3 unspecified atom stereocenters.